The highest BCUT2D eigenvalue weighted by Crippen LogP contribution is 1.43. The van der Waals surface area contributed by atoms with Gasteiger partial charge in [0.1, 0.15) is 0 Å². The zero-order valence-electron chi connectivity index (χ0n) is 1.67. The minimum atomic E-state index is -2.86. The van der Waals surface area contributed by atoms with Gasteiger partial charge in [-0.3, -0.25) is 0 Å². The van der Waals surface area contributed by atoms with E-state index in [0.717, 1.165) is 0 Å². The van der Waals surface area contributed by atoms with Crippen LogP contribution in [-0.4, -0.2) is 13.3 Å². The fourth-order valence-electron chi connectivity index (χ4n) is 0. The molecule has 1 atom stereocenters. The van der Waals surface area contributed by atoms with Crippen LogP contribution in [0.3, 0.4) is 0 Å². The highest BCUT2D eigenvalue weighted by molar-refractivity contribution is 7.73. The molecule has 1 N–H and O–H groups in total. The normalized spacial score (nSPS) is 12.4. The largest absolute Gasteiger partial charge is 0.750 e. The SMILES string of the molecule is C.O=S([O-])O. The van der Waals surface area contributed by atoms with Crippen LogP contribution in [0.15, 0.2) is 0 Å². The van der Waals surface area contributed by atoms with Gasteiger partial charge in [-0.15, -0.1) is 0 Å². The van der Waals surface area contributed by atoms with Crippen molar-refractivity contribution in [2.75, 3.05) is 0 Å². The van der Waals surface area contributed by atoms with Gasteiger partial charge >= 0.3 is 0 Å². The van der Waals surface area contributed by atoms with Crippen molar-refractivity contribution in [2.24, 2.45) is 0 Å². The number of hydrogen-bond acceptors (Lipinski definition) is 2. The van der Waals surface area contributed by atoms with Gasteiger partial charge in [-0.25, -0.2) is 4.21 Å². The van der Waals surface area contributed by atoms with Crippen molar-refractivity contribution >= 4 is 11.4 Å². The van der Waals surface area contributed by atoms with E-state index in [4.69, 9.17) is 13.3 Å². The monoisotopic (exact) mass is 97.0 g/mol. The molecule has 0 radical (unpaired) electrons. The Morgan fingerprint density at radius 2 is 1.80 bits per heavy atom. The van der Waals surface area contributed by atoms with Crippen LogP contribution in [0, 0.1) is 0 Å². The van der Waals surface area contributed by atoms with Crippen LogP contribution in [0.5, 0.6) is 0 Å². The quantitative estimate of drug-likeness (QED) is 0.432. The molecule has 0 aliphatic heterocycles. The van der Waals surface area contributed by atoms with E-state index in [1.165, 1.54) is 0 Å². The molecule has 0 saturated heterocycles. The molecular weight excluding hydrogens is 92.1 g/mol. The fraction of sp³-hybridized carbons (Fsp3) is 1.00. The third-order valence-electron chi connectivity index (χ3n) is 0. The van der Waals surface area contributed by atoms with Crippen molar-refractivity contribution in [3.63, 3.8) is 0 Å². The summed E-state index contributed by atoms with van der Waals surface area (Å²) in [7, 11) is 0. The average Bonchev–Trinajstić information content (AvgIpc) is 0.811. The lowest BCUT2D eigenvalue weighted by atomic mass is 12.0. The summed E-state index contributed by atoms with van der Waals surface area (Å²) in [4.78, 5) is 0. The van der Waals surface area contributed by atoms with Crippen molar-refractivity contribution in [3.8, 4) is 0 Å². The lowest BCUT2D eigenvalue weighted by Gasteiger charge is -1.83. The third-order valence-corrected chi connectivity index (χ3v) is 0. The molecule has 0 aliphatic rings. The summed E-state index contributed by atoms with van der Waals surface area (Å²) >= 11 is -2.86. The molecule has 0 fully saturated rings. The number of rotatable bonds is 0. The second-order valence-electron chi connectivity index (χ2n) is 0.217. The Morgan fingerprint density at radius 3 is 1.80 bits per heavy atom. The van der Waals surface area contributed by atoms with Crippen molar-refractivity contribution in [1.82, 2.24) is 0 Å². The minimum absolute atomic E-state index is 0. The van der Waals surface area contributed by atoms with E-state index in [2.05, 4.69) is 0 Å². The fourth-order valence-corrected chi connectivity index (χ4v) is 0. The maximum absolute atomic E-state index is 8.56. The van der Waals surface area contributed by atoms with Gasteiger partial charge in [-0.2, -0.15) is 0 Å². The molecule has 0 saturated carbocycles. The molecule has 0 spiro atoms. The molecule has 1 unspecified atom stereocenters. The lowest BCUT2D eigenvalue weighted by molar-refractivity contribution is 0.436. The van der Waals surface area contributed by atoms with E-state index < -0.39 is 11.4 Å². The summed E-state index contributed by atoms with van der Waals surface area (Å²) < 4.78 is 24.1. The molecule has 0 aromatic heterocycles. The Balaban J connectivity index is 0. The first-order valence-corrected chi connectivity index (χ1v) is 1.55. The Labute approximate surface area is 33.1 Å². The van der Waals surface area contributed by atoms with Gasteiger partial charge < -0.3 is 9.11 Å². The Kier molecular flexibility index (Phi) is 7.25. The van der Waals surface area contributed by atoms with Gasteiger partial charge in [0.2, 0.25) is 0 Å². The molecule has 34 valence electrons. The summed E-state index contributed by atoms with van der Waals surface area (Å²) in [6.45, 7) is 0. The molecule has 0 aliphatic carbocycles. The molecule has 0 bridgehead atoms. The van der Waals surface area contributed by atoms with Gasteiger partial charge in [-0.05, 0) is 0 Å². The molecule has 0 aromatic rings. The van der Waals surface area contributed by atoms with Crippen LogP contribution in [0.2, 0.25) is 0 Å². The molecule has 0 heterocycles. The maximum atomic E-state index is 8.56. The van der Waals surface area contributed by atoms with Gasteiger partial charge in [0.25, 0.3) is 0 Å². The van der Waals surface area contributed by atoms with Crippen molar-refractivity contribution in [3.05, 3.63) is 0 Å². The first-order valence-electron chi connectivity index (χ1n) is 0.516. The Bertz CT molecular complexity index is 29.9. The molecule has 0 rings (SSSR count). The highest BCUT2D eigenvalue weighted by atomic mass is 32.2. The van der Waals surface area contributed by atoms with E-state index in [-0.39, 0.29) is 7.43 Å². The topological polar surface area (TPSA) is 60.4 Å². The molecule has 0 amide bonds. The molecule has 4 heteroatoms. The van der Waals surface area contributed by atoms with Crippen molar-refractivity contribution < 1.29 is 13.3 Å². The average molecular weight is 97.1 g/mol. The summed E-state index contributed by atoms with van der Waals surface area (Å²) in [6.07, 6.45) is 0. The smallest absolute Gasteiger partial charge is 0.0814 e. The van der Waals surface area contributed by atoms with Crippen LogP contribution in [0.25, 0.3) is 0 Å². The van der Waals surface area contributed by atoms with Crippen molar-refractivity contribution in [1.29, 1.82) is 0 Å². The Morgan fingerprint density at radius 1 is 1.80 bits per heavy atom. The number of hydrogen-bond donors (Lipinski definition) is 1. The van der Waals surface area contributed by atoms with Gasteiger partial charge in [0.15, 0.2) is 0 Å². The summed E-state index contributed by atoms with van der Waals surface area (Å²) in [5.41, 5.74) is 0. The minimum Gasteiger partial charge on any atom is -0.750 e. The van der Waals surface area contributed by atoms with Crippen LogP contribution in [-0.2, 0) is 11.4 Å². The van der Waals surface area contributed by atoms with E-state index in [9.17, 15) is 0 Å². The van der Waals surface area contributed by atoms with Crippen LogP contribution in [0.1, 0.15) is 7.43 Å². The van der Waals surface area contributed by atoms with Crippen molar-refractivity contribution in [2.45, 2.75) is 7.43 Å². The van der Waals surface area contributed by atoms with E-state index in [1.54, 1.807) is 0 Å². The lowest BCUT2D eigenvalue weighted by Crippen LogP contribution is -1.75. The van der Waals surface area contributed by atoms with Gasteiger partial charge in [-0.1, -0.05) is 7.43 Å². The first-order chi connectivity index (χ1) is 1.73. The van der Waals surface area contributed by atoms with E-state index in [0.29, 0.717) is 0 Å². The van der Waals surface area contributed by atoms with Crippen LogP contribution in [0.4, 0.5) is 0 Å². The van der Waals surface area contributed by atoms with Gasteiger partial charge in [0.05, 0.1) is 11.4 Å². The van der Waals surface area contributed by atoms with Crippen LogP contribution >= 0.6 is 0 Å². The zero-order chi connectivity index (χ0) is 3.58. The standard InChI is InChI=1S/CH4.H2O3S/c;1-4(2)3/h1H4;(H2,1,2,3)/p-1. The highest BCUT2D eigenvalue weighted by Gasteiger charge is 1.42. The molecular formula is CH5O3S-. The molecule has 5 heavy (non-hydrogen) atoms. The predicted octanol–water partition coefficient (Wildman–Crippen LogP) is -0.0254. The van der Waals surface area contributed by atoms with Gasteiger partial charge in [0, 0.05) is 0 Å². The Hall–Kier alpha value is 0.0700. The summed E-state index contributed by atoms with van der Waals surface area (Å²) in [5, 5.41) is 0. The van der Waals surface area contributed by atoms with Crippen LogP contribution < -0.4 is 0 Å². The third kappa shape index (κ3) is 3560. The first kappa shape index (κ1) is 8.91. The summed E-state index contributed by atoms with van der Waals surface area (Å²) in [5.74, 6) is 0. The molecule has 0 aromatic carbocycles. The maximum Gasteiger partial charge on any atom is 0.0814 e. The zero-order valence-corrected chi connectivity index (χ0v) is 2.49. The summed E-state index contributed by atoms with van der Waals surface area (Å²) in [6, 6.07) is 0. The molecule has 3 nitrogen and oxygen atoms in total. The second-order valence-corrected chi connectivity index (χ2v) is 0.651. The van der Waals surface area contributed by atoms with E-state index >= 15 is 0 Å². The second kappa shape index (κ2) is 4.07. The van der Waals surface area contributed by atoms with E-state index in [1.807, 2.05) is 0 Å². The predicted molar refractivity (Wildman–Crippen MR) is 18.3 cm³/mol.